The molecule has 4 aliphatic heterocycles. The number of fused-ring (bicyclic) bond motifs is 9. The Hall–Kier alpha value is -17.7. The van der Waals surface area contributed by atoms with E-state index in [1.807, 2.05) is 98.1 Å². The van der Waals surface area contributed by atoms with Crippen molar-refractivity contribution < 1.29 is 0 Å². The molecule has 0 amide bonds. The quantitative estimate of drug-likeness (QED) is 0.125. The van der Waals surface area contributed by atoms with Gasteiger partial charge in [-0.05, 0) is 267 Å². The molecule has 4 aliphatic rings. The van der Waals surface area contributed by atoms with Crippen LogP contribution in [0.25, 0.3) is 201 Å². The first-order valence-corrected chi connectivity index (χ1v) is 48.7. The van der Waals surface area contributed by atoms with Crippen molar-refractivity contribution in [1.82, 2.24) is 58.1 Å². The molecule has 142 heavy (non-hydrogen) atoms. The molecule has 24 aromatic rings. The summed E-state index contributed by atoms with van der Waals surface area (Å²) in [6.07, 6.45) is 14.7. The van der Waals surface area contributed by atoms with E-state index < -0.39 is 0 Å². The third-order valence-electron chi connectivity index (χ3n) is 29.8. The van der Waals surface area contributed by atoms with Gasteiger partial charge in [0.15, 0.2) is 0 Å². The average molecular weight is 1830 g/mol. The van der Waals surface area contributed by atoms with E-state index in [2.05, 4.69) is 445 Å². The molecular weight excluding hydrogens is 1730 g/mol. The molecule has 0 aliphatic carbocycles. The molecule has 28 rings (SSSR count). The highest BCUT2D eigenvalue weighted by Gasteiger charge is 2.42. The zero-order valence-electron chi connectivity index (χ0n) is 80.1. The Kier molecular flexibility index (Phi) is 20.7. The van der Waals surface area contributed by atoms with Crippen molar-refractivity contribution in [3.8, 4) is 146 Å². The first-order valence-electron chi connectivity index (χ1n) is 48.7. The molecule has 0 fully saturated rings. The number of imidazole rings is 4. The van der Waals surface area contributed by atoms with E-state index in [0.717, 1.165) is 67.6 Å². The highest BCUT2D eigenvalue weighted by Crippen LogP contribution is 2.54. The standard InChI is InChI=1S/3C33H25N3.C31H23N3/c1-33(2)27-12-7-13-29-31(27)36(32(35-29)23-16-18-34-19-17-23)30-15-14-26(21-28(30)33)25-11-6-10-24(20-25)22-8-4-3-5-9-22;1-33(2)27-13-8-14-29-31(27)36(32(35-29)23-17-19-34-20-18-23)30-16-15-24(21-28(30)33)26-12-7-6-11-25(26)22-9-4-3-5-10-22;1-33(2)27-9-6-10-29-31(27)36(32(35-29)25-17-19-34-20-18-25)30-16-15-26(21-28(30)33)24-13-11-23(12-14-24)22-7-4-3-5-8-22;1-31(2)25-8-5-9-27-29(25)34(30(33-27)21-14-16-32-17-15-21)28-13-12-24(19-26(28)31)23-11-10-20-6-3-4-7-22(20)18-23/h3*3-21H,1-2H3;3-19H,1-2H3. The molecule has 12 heteroatoms. The van der Waals surface area contributed by atoms with Gasteiger partial charge in [-0.25, -0.2) is 19.9 Å². The normalized spacial score (nSPS) is 13.6. The number of hydrogen-bond acceptors (Lipinski definition) is 8. The van der Waals surface area contributed by atoms with Crippen LogP contribution in [0.3, 0.4) is 0 Å². The van der Waals surface area contributed by atoms with Crippen LogP contribution in [-0.4, -0.2) is 58.1 Å². The second kappa shape index (κ2) is 34.2. The second-order valence-corrected chi connectivity index (χ2v) is 39.5. The minimum Gasteiger partial charge on any atom is -0.292 e. The van der Waals surface area contributed by atoms with Crippen LogP contribution in [0.1, 0.15) is 99.9 Å². The van der Waals surface area contributed by atoms with Crippen molar-refractivity contribution in [2.45, 2.75) is 77.0 Å². The Morgan fingerprint density at radius 1 is 0.162 bits per heavy atom. The first kappa shape index (κ1) is 85.9. The summed E-state index contributed by atoms with van der Waals surface area (Å²) in [6, 6.07) is 143. The van der Waals surface area contributed by atoms with E-state index in [4.69, 9.17) is 19.9 Å². The SMILES string of the molecule is CC1(C)c2cc(-c3ccc(-c4ccccc4)cc3)ccc2-n2c(-c3ccncc3)nc3cccc1c32.CC1(C)c2cc(-c3ccc4ccccc4c3)ccc2-n2c(-c3ccncc3)nc3cccc1c32.CC1(C)c2cc(-c3cccc(-c4ccccc4)c3)ccc2-n2c(-c3ccncc3)nc3cccc1c32.CC1(C)c2cc(-c3ccccc3-c3ccccc3)ccc2-n2c(-c3ccncc3)nc3cccc1c32. The maximum Gasteiger partial charge on any atom is 0.145 e. The molecule has 16 aromatic carbocycles. The molecule has 0 radical (unpaired) electrons. The second-order valence-electron chi connectivity index (χ2n) is 39.5. The minimum absolute atomic E-state index is 0.146. The summed E-state index contributed by atoms with van der Waals surface area (Å²) in [5.74, 6) is 3.82. The third kappa shape index (κ3) is 14.4. The van der Waals surface area contributed by atoms with Gasteiger partial charge in [0.05, 0.1) is 66.9 Å². The van der Waals surface area contributed by atoms with Crippen LogP contribution in [-0.2, 0) is 21.7 Å². The van der Waals surface area contributed by atoms with Crippen molar-refractivity contribution >= 4 is 54.9 Å². The van der Waals surface area contributed by atoms with Crippen LogP contribution < -0.4 is 0 Å². The summed E-state index contributed by atoms with van der Waals surface area (Å²) in [6.45, 7) is 18.6. The molecule has 0 spiro atoms. The summed E-state index contributed by atoms with van der Waals surface area (Å²) >= 11 is 0. The molecule has 0 saturated heterocycles. The number of aromatic nitrogens is 12. The van der Waals surface area contributed by atoms with Gasteiger partial charge in [-0.2, -0.15) is 0 Å². The molecule has 0 unspecified atom stereocenters. The van der Waals surface area contributed by atoms with E-state index in [9.17, 15) is 0 Å². The highest BCUT2D eigenvalue weighted by molar-refractivity contribution is 5.97. The maximum atomic E-state index is 5.09. The van der Waals surface area contributed by atoms with Gasteiger partial charge in [-0.1, -0.05) is 322 Å². The monoisotopic (exact) mass is 1830 g/mol. The van der Waals surface area contributed by atoms with Gasteiger partial charge in [0.2, 0.25) is 0 Å². The number of para-hydroxylation sites is 4. The van der Waals surface area contributed by atoms with Crippen molar-refractivity contribution in [2.75, 3.05) is 0 Å². The van der Waals surface area contributed by atoms with Gasteiger partial charge in [-0.3, -0.25) is 38.2 Å². The Morgan fingerprint density at radius 2 is 0.401 bits per heavy atom. The fourth-order valence-corrected chi connectivity index (χ4v) is 22.4. The molecule has 12 heterocycles. The fourth-order valence-electron chi connectivity index (χ4n) is 22.4. The Morgan fingerprint density at radius 3 is 0.768 bits per heavy atom. The minimum atomic E-state index is -0.169. The summed E-state index contributed by atoms with van der Waals surface area (Å²) in [4.78, 5) is 37.2. The lowest BCUT2D eigenvalue weighted by molar-refractivity contribution is 0.629. The molecule has 0 saturated carbocycles. The summed E-state index contributed by atoms with van der Waals surface area (Å²) in [5, 5.41) is 2.53. The van der Waals surface area contributed by atoms with Gasteiger partial charge in [0.25, 0.3) is 0 Å². The molecule has 678 valence electrons. The molecular formula is C130H98N12. The van der Waals surface area contributed by atoms with Gasteiger partial charge in [0, 0.05) is 93.5 Å². The molecule has 0 bridgehead atoms. The Labute approximate surface area is 825 Å². The lowest BCUT2D eigenvalue weighted by Crippen LogP contribution is -2.26. The van der Waals surface area contributed by atoms with Crippen LogP contribution in [0.2, 0.25) is 0 Å². The number of rotatable bonds is 11. The van der Waals surface area contributed by atoms with Crippen LogP contribution in [0.5, 0.6) is 0 Å². The smallest absolute Gasteiger partial charge is 0.145 e. The Balaban J connectivity index is 0.0000000995. The molecule has 12 nitrogen and oxygen atoms in total. The van der Waals surface area contributed by atoms with E-state index in [1.165, 1.54) is 178 Å². The van der Waals surface area contributed by atoms with Gasteiger partial charge >= 0.3 is 0 Å². The fraction of sp³-hybridized carbons (Fsp3) is 0.0923. The zero-order chi connectivity index (χ0) is 95.7. The summed E-state index contributed by atoms with van der Waals surface area (Å²) in [7, 11) is 0. The highest BCUT2D eigenvalue weighted by atomic mass is 15.1. The van der Waals surface area contributed by atoms with Crippen molar-refractivity contribution in [2.24, 2.45) is 0 Å². The molecule has 0 atom stereocenters. The first-order chi connectivity index (χ1) is 69.5. The predicted octanol–water partition coefficient (Wildman–Crippen LogP) is 31.7. The number of hydrogen-bond donors (Lipinski definition) is 0. The van der Waals surface area contributed by atoms with E-state index in [-0.39, 0.29) is 21.7 Å². The van der Waals surface area contributed by atoms with E-state index in [1.54, 1.807) is 0 Å². The molecule has 0 N–H and O–H groups in total. The summed E-state index contributed by atoms with van der Waals surface area (Å²) in [5.41, 5.74) is 45.0. The largest absolute Gasteiger partial charge is 0.292 e. The van der Waals surface area contributed by atoms with Crippen LogP contribution in [0, 0.1) is 0 Å². The van der Waals surface area contributed by atoms with E-state index >= 15 is 0 Å². The average Bonchev–Trinajstić information content (AvgIpc) is 1.54. The van der Waals surface area contributed by atoms with E-state index in [0.29, 0.717) is 0 Å². The maximum absolute atomic E-state index is 5.09. The number of benzene rings is 16. The van der Waals surface area contributed by atoms with Crippen LogP contribution in [0.15, 0.2) is 450 Å². The van der Waals surface area contributed by atoms with Crippen LogP contribution >= 0.6 is 0 Å². The zero-order valence-corrected chi connectivity index (χ0v) is 80.1. The van der Waals surface area contributed by atoms with Crippen molar-refractivity contribution in [3.63, 3.8) is 0 Å². The molecule has 8 aromatic heterocycles. The number of pyridine rings is 4. The van der Waals surface area contributed by atoms with Crippen LogP contribution in [0.4, 0.5) is 0 Å². The van der Waals surface area contributed by atoms with Crippen molar-refractivity contribution in [3.05, 3.63) is 494 Å². The van der Waals surface area contributed by atoms with Gasteiger partial charge in [-0.15, -0.1) is 0 Å². The van der Waals surface area contributed by atoms with Gasteiger partial charge < -0.3 is 0 Å². The van der Waals surface area contributed by atoms with Gasteiger partial charge in [0.1, 0.15) is 23.3 Å². The Bertz CT molecular complexity index is 9050. The lowest BCUT2D eigenvalue weighted by atomic mass is 9.74. The van der Waals surface area contributed by atoms with Crippen molar-refractivity contribution in [1.29, 1.82) is 0 Å². The lowest BCUT2D eigenvalue weighted by Gasteiger charge is -2.35. The predicted molar refractivity (Wildman–Crippen MR) is 581 cm³/mol. The summed E-state index contributed by atoms with van der Waals surface area (Å²) < 4.78 is 9.35. The number of nitrogens with zero attached hydrogens (tertiary/aromatic N) is 12. The third-order valence-corrected chi connectivity index (χ3v) is 29.8. The topological polar surface area (TPSA) is 123 Å².